The van der Waals surface area contributed by atoms with Gasteiger partial charge in [0.25, 0.3) is 0 Å². The fraction of sp³-hybridized carbons (Fsp3) is 0.385. The maximum Gasteiger partial charge on any atom is 0.123 e. The van der Waals surface area contributed by atoms with Crippen molar-refractivity contribution in [3.8, 4) is 11.8 Å². The molecular weight excluding hydrogens is 175 g/mol. The number of unbranched alkanes of at least 4 members (excludes halogenated alkanes) is 2. The quantitative estimate of drug-likeness (QED) is 0.493. The molecule has 0 unspecified atom stereocenters. The second kappa shape index (κ2) is 5.44. The van der Waals surface area contributed by atoms with Gasteiger partial charge in [-0.1, -0.05) is 25.2 Å². The van der Waals surface area contributed by atoms with Gasteiger partial charge in [0, 0.05) is 12.0 Å². The molecule has 0 saturated heterocycles. The van der Waals surface area contributed by atoms with E-state index in [0.29, 0.717) is 0 Å². The molecule has 0 aliphatic heterocycles. The Labute approximate surface area is 85.2 Å². The highest BCUT2D eigenvalue weighted by molar-refractivity contribution is 5.40. The number of rotatable bonds is 2. The zero-order chi connectivity index (χ0) is 10.4. The van der Waals surface area contributed by atoms with Crippen molar-refractivity contribution in [3.05, 3.63) is 35.1 Å². The highest BCUT2D eigenvalue weighted by Crippen LogP contribution is 2.08. The molecule has 1 heteroatoms. The Balaban J connectivity index is 2.70. The van der Waals surface area contributed by atoms with Crippen molar-refractivity contribution in [3.63, 3.8) is 0 Å². The molecule has 0 fully saturated rings. The van der Waals surface area contributed by atoms with Crippen LogP contribution in [0.3, 0.4) is 0 Å². The van der Waals surface area contributed by atoms with Gasteiger partial charge in [-0.25, -0.2) is 4.39 Å². The van der Waals surface area contributed by atoms with Crippen molar-refractivity contribution in [2.45, 2.75) is 33.1 Å². The van der Waals surface area contributed by atoms with Crippen LogP contribution < -0.4 is 0 Å². The summed E-state index contributed by atoms with van der Waals surface area (Å²) in [7, 11) is 0. The lowest BCUT2D eigenvalue weighted by atomic mass is 10.1. The topological polar surface area (TPSA) is 0 Å². The summed E-state index contributed by atoms with van der Waals surface area (Å²) in [6, 6.07) is 4.71. The van der Waals surface area contributed by atoms with Gasteiger partial charge in [-0.15, -0.1) is 0 Å². The van der Waals surface area contributed by atoms with Gasteiger partial charge < -0.3 is 0 Å². The molecule has 0 amide bonds. The highest BCUT2D eigenvalue weighted by atomic mass is 19.1. The summed E-state index contributed by atoms with van der Waals surface area (Å²) in [4.78, 5) is 0. The minimum atomic E-state index is -0.193. The zero-order valence-electron chi connectivity index (χ0n) is 8.73. The Morgan fingerprint density at radius 3 is 2.79 bits per heavy atom. The molecule has 1 aromatic rings. The van der Waals surface area contributed by atoms with Crippen LogP contribution in [0.25, 0.3) is 0 Å². The summed E-state index contributed by atoms with van der Waals surface area (Å²) in [6.07, 6.45) is 3.22. The molecule has 0 saturated carbocycles. The Hall–Kier alpha value is -1.29. The largest absolute Gasteiger partial charge is 0.207 e. The van der Waals surface area contributed by atoms with E-state index in [4.69, 9.17) is 0 Å². The lowest BCUT2D eigenvalue weighted by molar-refractivity contribution is 0.626. The normalized spacial score (nSPS) is 9.36. The van der Waals surface area contributed by atoms with E-state index < -0.39 is 0 Å². The molecule has 0 bridgehead atoms. The first kappa shape index (κ1) is 10.8. The molecule has 0 aliphatic carbocycles. The van der Waals surface area contributed by atoms with Crippen LogP contribution in [0.5, 0.6) is 0 Å². The third-order valence-corrected chi connectivity index (χ3v) is 2.07. The predicted molar refractivity (Wildman–Crippen MR) is 57.5 cm³/mol. The molecule has 1 aromatic carbocycles. The zero-order valence-corrected chi connectivity index (χ0v) is 8.73. The molecule has 0 radical (unpaired) electrons. The van der Waals surface area contributed by atoms with Crippen molar-refractivity contribution in [1.29, 1.82) is 0 Å². The third-order valence-electron chi connectivity index (χ3n) is 2.07. The minimum absolute atomic E-state index is 0.193. The van der Waals surface area contributed by atoms with Gasteiger partial charge in [0.15, 0.2) is 0 Å². The van der Waals surface area contributed by atoms with Crippen molar-refractivity contribution in [1.82, 2.24) is 0 Å². The number of benzene rings is 1. The van der Waals surface area contributed by atoms with Gasteiger partial charge in [0.05, 0.1) is 0 Å². The van der Waals surface area contributed by atoms with Gasteiger partial charge >= 0.3 is 0 Å². The molecule has 0 spiro atoms. The molecule has 0 atom stereocenters. The number of hydrogen-bond acceptors (Lipinski definition) is 0. The second-order valence-corrected chi connectivity index (χ2v) is 3.36. The average molecular weight is 190 g/mol. The van der Waals surface area contributed by atoms with E-state index in [1.807, 2.05) is 6.92 Å². The summed E-state index contributed by atoms with van der Waals surface area (Å²) >= 11 is 0. The van der Waals surface area contributed by atoms with Crippen LogP contribution in [0.2, 0.25) is 0 Å². The van der Waals surface area contributed by atoms with E-state index in [2.05, 4.69) is 18.8 Å². The van der Waals surface area contributed by atoms with Crippen LogP contribution in [0, 0.1) is 24.6 Å². The molecule has 14 heavy (non-hydrogen) atoms. The van der Waals surface area contributed by atoms with Crippen LogP contribution >= 0.6 is 0 Å². The number of aryl methyl sites for hydroxylation is 1. The average Bonchev–Trinajstić information content (AvgIpc) is 2.15. The second-order valence-electron chi connectivity index (χ2n) is 3.36. The highest BCUT2D eigenvalue weighted by Gasteiger charge is 1.95. The molecule has 1 rings (SSSR count). The van der Waals surface area contributed by atoms with Crippen molar-refractivity contribution < 1.29 is 4.39 Å². The van der Waals surface area contributed by atoms with Crippen molar-refractivity contribution in [2.75, 3.05) is 0 Å². The predicted octanol–water partition coefficient (Wildman–Crippen LogP) is 3.68. The van der Waals surface area contributed by atoms with Crippen LogP contribution in [-0.4, -0.2) is 0 Å². The molecular formula is C13H15F. The maximum absolute atomic E-state index is 12.7. The lowest BCUT2D eigenvalue weighted by Crippen LogP contribution is -1.83. The lowest BCUT2D eigenvalue weighted by Gasteiger charge is -1.96. The maximum atomic E-state index is 12.7. The summed E-state index contributed by atoms with van der Waals surface area (Å²) in [5, 5.41) is 0. The van der Waals surface area contributed by atoms with E-state index in [-0.39, 0.29) is 5.82 Å². The van der Waals surface area contributed by atoms with Crippen LogP contribution in [0.15, 0.2) is 18.2 Å². The Morgan fingerprint density at radius 1 is 1.36 bits per heavy atom. The van der Waals surface area contributed by atoms with Gasteiger partial charge in [0.1, 0.15) is 5.82 Å². The number of halogens is 1. The summed E-state index contributed by atoms with van der Waals surface area (Å²) in [5.41, 5.74) is 1.84. The van der Waals surface area contributed by atoms with E-state index >= 15 is 0 Å². The molecule has 0 N–H and O–H groups in total. The van der Waals surface area contributed by atoms with Gasteiger partial charge in [0.2, 0.25) is 0 Å². The summed E-state index contributed by atoms with van der Waals surface area (Å²) in [6.45, 7) is 4.03. The molecule has 0 aliphatic rings. The van der Waals surface area contributed by atoms with Crippen molar-refractivity contribution >= 4 is 0 Å². The fourth-order valence-electron chi connectivity index (χ4n) is 1.19. The smallest absolute Gasteiger partial charge is 0.123 e. The Kier molecular flexibility index (Phi) is 4.19. The molecule has 0 nitrogen and oxygen atoms in total. The van der Waals surface area contributed by atoms with E-state index in [0.717, 1.165) is 30.4 Å². The minimum Gasteiger partial charge on any atom is -0.207 e. The Morgan fingerprint density at radius 2 is 2.14 bits per heavy atom. The van der Waals surface area contributed by atoms with E-state index in [1.54, 1.807) is 6.07 Å². The van der Waals surface area contributed by atoms with E-state index in [1.165, 1.54) is 12.1 Å². The van der Waals surface area contributed by atoms with Crippen LogP contribution in [0.1, 0.15) is 37.3 Å². The monoisotopic (exact) mass is 190 g/mol. The molecule has 0 heterocycles. The first-order chi connectivity index (χ1) is 6.74. The fourth-order valence-corrected chi connectivity index (χ4v) is 1.19. The van der Waals surface area contributed by atoms with Gasteiger partial charge in [-0.3, -0.25) is 0 Å². The SMILES string of the molecule is CCCCC#Cc1ccc(F)cc1C. The number of hydrogen-bond donors (Lipinski definition) is 0. The van der Waals surface area contributed by atoms with E-state index in [9.17, 15) is 4.39 Å². The summed E-state index contributed by atoms with van der Waals surface area (Å²) < 4.78 is 12.7. The summed E-state index contributed by atoms with van der Waals surface area (Å²) in [5.74, 6) is 5.96. The van der Waals surface area contributed by atoms with Crippen LogP contribution in [-0.2, 0) is 0 Å². The first-order valence-electron chi connectivity index (χ1n) is 4.99. The van der Waals surface area contributed by atoms with Gasteiger partial charge in [-0.05, 0) is 37.1 Å². The third kappa shape index (κ3) is 3.22. The first-order valence-corrected chi connectivity index (χ1v) is 4.99. The standard InChI is InChI=1S/C13H15F/c1-3-4-5-6-7-12-8-9-13(14)10-11(12)2/h8-10H,3-5H2,1-2H3. The molecule has 74 valence electrons. The van der Waals surface area contributed by atoms with Crippen molar-refractivity contribution in [2.24, 2.45) is 0 Å². The van der Waals surface area contributed by atoms with Gasteiger partial charge in [-0.2, -0.15) is 0 Å². The Bertz CT molecular complexity index is 355. The molecule has 0 aromatic heterocycles. The van der Waals surface area contributed by atoms with Crippen LogP contribution in [0.4, 0.5) is 4.39 Å².